The van der Waals surface area contributed by atoms with Gasteiger partial charge in [0.2, 0.25) is 11.9 Å². The van der Waals surface area contributed by atoms with Crippen LogP contribution in [0.4, 0.5) is 20.8 Å². The number of ether oxygens (including phenoxy) is 1. The lowest BCUT2D eigenvalue weighted by Gasteiger charge is -2.48. The summed E-state index contributed by atoms with van der Waals surface area (Å²) in [6, 6.07) is 6.56. The Morgan fingerprint density at radius 3 is 2.53 bits per heavy atom. The summed E-state index contributed by atoms with van der Waals surface area (Å²) < 4.78 is 21.0. The number of halogens is 2. The highest BCUT2D eigenvalue weighted by molar-refractivity contribution is 6.32. The molecule has 1 aliphatic rings. The molecular weight excluding hydrogens is 489 g/mol. The van der Waals surface area contributed by atoms with Crippen LogP contribution in [0.1, 0.15) is 31.1 Å². The molecular formula is C24H27ClFN7O3. The summed E-state index contributed by atoms with van der Waals surface area (Å²) >= 11 is 6.34. The molecule has 2 aromatic heterocycles. The molecule has 0 bridgehead atoms. The largest absolute Gasteiger partial charge is 0.444 e. The maximum absolute atomic E-state index is 14.0. The third kappa shape index (κ3) is 5.73. The third-order valence-electron chi connectivity index (χ3n) is 5.56. The number of likely N-dealkylation sites (tertiary alicyclic amines) is 1. The molecule has 0 spiro atoms. The van der Waals surface area contributed by atoms with Gasteiger partial charge in [-0.3, -0.25) is 13.9 Å². The molecule has 1 aromatic carbocycles. The molecule has 0 aliphatic carbocycles. The molecule has 10 nitrogen and oxygen atoms in total. The average Bonchev–Trinajstić information content (AvgIpc) is 3.24. The Morgan fingerprint density at radius 2 is 1.92 bits per heavy atom. The molecule has 12 heteroatoms. The molecule has 2 amide bonds. The number of alkyl halides is 1. The molecule has 1 aliphatic heterocycles. The van der Waals surface area contributed by atoms with Gasteiger partial charge in [0.25, 0.3) is 0 Å². The lowest BCUT2D eigenvalue weighted by Crippen LogP contribution is -2.62. The van der Waals surface area contributed by atoms with Gasteiger partial charge in [-0.15, -0.1) is 0 Å². The number of carbonyl (C=O) groups excluding carboxylic acids is 2. The summed E-state index contributed by atoms with van der Waals surface area (Å²) in [5.41, 5.74) is 6.05. The van der Waals surface area contributed by atoms with Crippen molar-refractivity contribution in [3.8, 4) is 11.3 Å². The minimum atomic E-state index is -0.737. The molecule has 0 radical (unpaired) electrons. The van der Waals surface area contributed by atoms with Gasteiger partial charge < -0.3 is 20.7 Å². The van der Waals surface area contributed by atoms with Gasteiger partial charge in [0.05, 0.1) is 35.1 Å². The average molecular weight is 516 g/mol. The molecule has 0 atom stereocenters. The summed E-state index contributed by atoms with van der Waals surface area (Å²) in [6.45, 7) is 5.53. The number of hydrogen-bond acceptors (Lipinski definition) is 7. The Bertz CT molecular complexity index is 1270. The molecule has 4 rings (SSSR count). The zero-order chi connectivity index (χ0) is 26.1. The van der Waals surface area contributed by atoms with Crippen LogP contribution in [-0.2, 0) is 11.3 Å². The third-order valence-corrected chi connectivity index (χ3v) is 5.84. The number of anilines is 2. The summed E-state index contributed by atoms with van der Waals surface area (Å²) in [6.07, 6.45) is 4.34. The van der Waals surface area contributed by atoms with E-state index in [1.165, 1.54) is 11.1 Å². The van der Waals surface area contributed by atoms with Gasteiger partial charge in [0.1, 0.15) is 12.3 Å². The van der Waals surface area contributed by atoms with E-state index in [2.05, 4.69) is 20.4 Å². The van der Waals surface area contributed by atoms with E-state index in [4.69, 9.17) is 22.1 Å². The number of carbonyl (C=O) groups is 2. The number of amides is 2. The standard InChI is InChI=1S/C24H27ClFN7O3/c1-23(2,3)36-22(35)32-12-24(11-26,13-32)14-33-10-16(8-29-33)19-18(25)9-28-21(31-19)30-17-6-4-15(5-7-17)20(27)34/h4-10H,11-14H2,1-3H3,(H2,27,34)(H,28,30,31). The van der Waals surface area contributed by atoms with Crippen molar-refractivity contribution in [3.05, 3.63) is 53.4 Å². The molecule has 190 valence electrons. The van der Waals surface area contributed by atoms with E-state index in [1.54, 1.807) is 62.1 Å². The van der Waals surface area contributed by atoms with Crippen molar-refractivity contribution in [2.45, 2.75) is 32.9 Å². The normalized spacial score (nSPS) is 14.8. The first-order valence-corrected chi connectivity index (χ1v) is 11.6. The fourth-order valence-electron chi connectivity index (χ4n) is 3.84. The van der Waals surface area contributed by atoms with Crippen LogP contribution in [0.2, 0.25) is 5.02 Å². The first kappa shape index (κ1) is 25.4. The Hall–Kier alpha value is -3.73. The molecule has 0 saturated carbocycles. The zero-order valence-electron chi connectivity index (χ0n) is 20.2. The van der Waals surface area contributed by atoms with Gasteiger partial charge in [-0.05, 0) is 45.0 Å². The van der Waals surface area contributed by atoms with Crippen molar-refractivity contribution in [3.63, 3.8) is 0 Å². The van der Waals surface area contributed by atoms with Crippen molar-refractivity contribution in [2.24, 2.45) is 11.1 Å². The van der Waals surface area contributed by atoms with E-state index in [0.29, 0.717) is 33.5 Å². The van der Waals surface area contributed by atoms with Crippen molar-refractivity contribution in [1.82, 2.24) is 24.6 Å². The van der Waals surface area contributed by atoms with Gasteiger partial charge in [-0.25, -0.2) is 14.8 Å². The lowest BCUT2D eigenvalue weighted by molar-refractivity contribution is -0.0514. The second-order valence-corrected chi connectivity index (χ2v) is 10.3. The summed E-state index contributed by atoms with van der Waals surface area (Å²) in [7, 11) is 0. The molecule has 1 saturated heterocycles. The highest BCUT2D eigenvalue weighted by atomic mass is 35.5. The molecule has 36 heavy (non-hydrogen) atoms. The van der Waals surface area contributed by atoms with E-state index in [-0.39, 0.29) is 19.6 Å². The summed E-state index contributed by atoms with van der Waals surface area (Å²) in [5, 5.41) is 7.73. The topological polar surface area (TPSA) is 128 Å². The monoisotopic (exact) mass is 515 g/mol. The number of primary amides is 1. The van der Waals surface area contributed by atoms with E-state index in [1.807, 2.05) is 0 Å². The minimum Gasteiger partial charge on any atom is -0.444 e. The SMILES string of the molecule is CC(C)(C)OC(=O)N1CC(CF)(Cn2cc(-c3nc(Nc4ccc(C(N)=O)cc4)ncc3Cl)cn2)C1. The van der Waals surface area contributed by atoms with E-state index >= 15 is 0 Å². The summed E-state index contributed by atoms with van der Waals surface area (Å²) in [4.78, 5) is 33.7. The first-order chi connectivity index (χ1) is 17.0. The van der Waals surface area contributed by atoms with Crippen molar-refractivity contribution >= 4 is 35.2 Å². The molecule has 0 unspecified atom stereocenters. The van der Waals surface area contributed by atoms with Crippen LogP contribution >= 0.6 is 11.6 Å². The first-order valence-electron chi connectivity index (χ1n) is 11.2. The van der Waals surface area contributed by atoms with Gasteiger partial charge in [-0.2, -0.15) is 5.10 Å². The molecule has 3 heterocycles. The van der Waals surface area contributed by atoms with E-state index < -0.39 is 29.7 Å². The fourth-order valence-corrected chi connectivity index (χ4v) is 4.04. The smallest absolute Gasteiger partial charge is 0.410 e. The zero-order valence-corrected chi connectivity index (χ0v) is 20.9. The second kappa shape index (κ2) is 9.73. The number of nitrogens with one attached hydrogen (secondary N) is 1. The van der Waals surface area contributed by atoms with Crippen LogP contribution in [0, 0.1) is 5.41 Å². The number of hydrogen-bond donors (Lipinski definition) is 2. The second-order valence-electron chi connectivity index (χ2n) is 9.85. The Kier molecular flexibility index (Phi) is 6.85. The highest BCUT2D eigenvalue weighted by Crippen LogP contribution is 2.35. The van der Waals surface area contributed by atoms with Crippen LogP contribution in [0.3, 0.4) is 0 Å². The molecule has 3 N–H and O–H groups in total. The van der Waals surface area contributed by atoms with Crippen molar-refractivity contribution in [1.29, 1.82) is 0 Å². The van der Waals surface area contributed by atoms with Crippen LogP contribution in [0.25, 0.3) is 11.3 Å². The quantitative estimate of drug-likeness (QED) is 0.486. The van der Waals surface area contributed by atoms with Crippen molar-refractivity contribution < 1.29 is 18.7 Å². The number of nitrogens with zero attached hydrogens (tertiary/aromatic N) is 5. The van der Waals surface area contributed by atoms with Crippen LogP contribution in [0.5, 0.6) is 0 Å². The van der Waals surface area contributed by atoms with Gasteiger partial charge in [-0.1, -0.05) is 11.6 Å². The van der Waals surface area contributed by atoms with E-state index in [0.717, 1.165) is 0 Å². The Morgan fingerprint density at radius 1 is 1.22 bits per heavy atom. The van der Waals surface area contributed by atoms with Crippen LogP contribution in [0.15, 0.2) is 42.9 Å². The molecule has 1 fully saturated rings. The maximum Gasteiger partial charge on any atom is 0.410 e. The van der Waals surface area contributed by atoms with Crippen molar-refractivity contribution in [2.75, 3.05) is 25.1 Å². The lowest BCUT2D eigenvalue weighted by atomic mass is 9.81. The van der Waals surface area contributed by atoms with E-state index in [9.17, 15) is 14.0 Å². The number of nitrogens with two attached hydrogens (primary N) is 1. The molecule has 3 aromatic rings. The fraction of sp³-hybridized carbons (Fsp3) is 0.375. The van der Waals surface area contributed by atoms with Crippen LogP contribution in [-0.4, -0.2) is 62.0 Å². The minimum absolute atomic E-state index is 0.241. The maximum atomic E-state index is 14.0. The van der Waals surface area contributed by atoms with Crippen LogP contribution < -0.4 is 11.1 Å². The summed E-state index contributed by atoms with van der Waals surface area (Å²) in [5.74, 6) is -0.223. The predicted octanol–water partition coefficient (Wildman–Crippen LogP) is 4.04. The number of benzene rings is 1. The van der Waals surface area contributed by atoms with Gasteiger partial charge in [0.15, 0.2) is 0 Å². The number of aromatic nitrogens is 4. The predicted molar refractivity (Wildman–Crippen MR) is 133 cm³/mol. The highest BCUT2D eigenvalue weighted by Gasteiger charge is 2.47. The van der Waals surface area contributed by atoms with Gasteiger partial charge in [0, 0.05) is 36.1 Å². The Labute approximate surface area is 212 Å². The number of rotatable bonds is 7. The Balaban J connectivity index is 1.44. The van der Waals surface area contributed by atoms with Gasteiger partial charge >= 0.3 is 6.09 Å².